The second-order valence-electron chi connectivity index (χ2n) is 6.30. The largest absolute Gasteiger partial charge is 0.327 e. The van der Waals surface area contributed by atoms with Gasteiger partial charge in [-0.1, -0.05) is 43.1 Å². The number of nitrogens with two attached hydrogens (primary N) is 1. The summed E-state index contributed by atoms with van der Waals surface area (Å²) in [6.45, 7) is 4.27. The summed E-state index contributed by atoms with van der Waals surface area (Å²) < 4.78 is 0. The van der Waals surface area contributed by atoms with Gasteiger partial charge in [0.05, 0.1) is 0 Å². The molecule has 1 aliphatic rings. The third-order valence-corrected chi connectivity index (χ3v) is 5.04. The Bertz CT molecular complexity index is 421. The van der Waals surface area contributed by atoms with Crippen molar-refractivity contribution in [1.82, 2.24) is 4.90 Å². The highest BCUT2D eigenvalue weighted by Crippen LogP contribution is 2.31. The first kappa shape index (κ1) is 15.8. The molecule has 0 aromatic heterocycles. The highest BCUT2D eigenvalue weighted by molar-refractivity contribution is 6.31. The molecule has 2 N–H and O–H groups in total. The first-order valence-corrected chi connectivity index (χ1v) is 8.15. The molecule has 1 aliphatic carbocycles. The van der Waals surface area contributed by atoms with E-state index in [1.807, 2.05) is 12.1 Å². The fourth-order valence-corrected chi connectivity index (χ4v) is 3.54. The Balaban J connectivity index is 1.90. The minimum absolute atomic E-state index is 0.367. The predicted molar refractivity (Wildman–Crippen MR) is 86.9 cm³/mol. The Kier molecular flexibility index (Phi) is 5.88. The van der Waals surface area contributed by atoms with E-state index in [0.717, 1.165) is 24.0 Å². The summed E-state index contributed by atoms with van der Waals surface area (Å²) >= 11 is 6.23. The van der Waals surface area contributed by atoms with E-state index in [4.69, 9.17) is 17.3 Å². The van der Waals surface area contributed by atoms with Crippen LogP contribution in [0, 0.1) is 11.8 Å². The van der Waals surface area contributed by atoms with Crippen molar-refractivity contribution < 1.29 is 0 Å². The fraction of sp³-hybridized carbons (Fsp3) is 0.647. The third kappa shape index (κ3) is 4.21. The third-order valence-electron chi connectivity index (χ3n) is 4.67. The van der Waals surface area contributed by atoms with Gasteiger partial charge in [0.2, 0.25) is 0 Å². The standard InChI is InChI=1S/C17H27ClN2/c1-3-13-8-9-17(19)15(10-13)12-20(2)11-14-6-4-5-7-16(14)18/h4-7,13,15,17H,3,8-12,19H2,1-2H3. The molecule has 0 spiro atoms. The van der Waals surface area contributed by atoms with Gasteiger partial charge in [0, 0.05) is 24.2 Å². The van der Waals surface area contributed by atoms with E-state index >= 15 is 0 Å². The average Bonchev–Trinajstić information content (AvgIpc) is 2.44. The molecule has 1 aromatic carbocycles. The highest BCUT2D eigenvalue weighted by Gasteiger charge is 2.28. The van der Waals surface area contributed by atoms with Gasteiger partial charge >= 0.3 is 0 Å². The van der Waals surface area contributed by atoms with E-state index < -0.39 is 0 Å². The van der Waals surface area contributed by atoms with Gasteiger partial charge in [-0.3, -0.25) is 0 Å². The SMILES string of the molecule is CCC1CCC(N)C(CN(C)Cc2ccccc2Cl)C1. The number of hydrogen-bond acceptors (Lipinski definition) is 2. The quantitative estimate of drug-likeness (QED) is 0.892. The lowest BCUT2D eigenvalue weighted by atomic mass is 9.77. The van der Waals surface area contributed by atoms with Gasteiger partial charge in [0.15, 0.2) is 0 Å². The second-order valence-corrected chi connectivity index (χ2v) is 6.71. The minimum Gasteiger partial charge on any atom is -0.327 e. The average molecular weight is 295 g/mol. The zero-order valence-corrected chi connectivity index (χ0v) is 13.4. The molecule has 1 saturated carbocycles. The molecule has 1 fully saturated rings. The summed E-state index contributed by atoms with van der Waals surface area (Å²) in [6.07, 6.45) is 5.06. The van der Waals surface area contributed by atoms with Crippen LogP contribution in [0.2, 0.25) is 5.02 Å². The molecule has 0 aliphatic heterocycles. The Morgan fingerprint density at radius 2 is 2.05 bits per heavy atom. The van der Waals surface area contributed by atoms with E-state index in [1.165, 1.54) is 31.2 Å². The maximum atomic E-state index is 6.31. The van der Waals surface area contributed by atoms with Crippen molar-refractivity contribution in [2.24, 2.45) is 17.6 Å². The molecular formula is C17H27ClN2. The van der Waals surface area contributed by atoms with E-state index in [2.05, 4.69) is 31.0 Å². The molecular weight excluding hydrogens is 268 g/mol. The van der Waals surface area contributed by atoms with Crippen molar-refractivity contribution >= 4 is 11.6 Å². The Hall–Kier alpha value is -0.570. The molecule has 3 heteroatoms. The minimum atomic E-state index is 0.367. The van der Waals surface area contributed by atoms with Gasteiger partial charge in [-0.05, 0) is 49.8 Å². The number of nitrogens with zero attached hydrogens (tertiary/aromatic N) is 1. The number of benzene rings is 1. The van der Waals surface area contributed by atoms with Crippen LogP contribution in [0.4, 0.5) is 0 Å². The van der Waals surface area contributed by atoms with Crippen molar-refractivity contribution in [3.05, 3.63) is 34.9 Å². The zero-order chi connectivity index (χ0) is 14.5. The molecule has 1 aromatic rings. The van der Waals surface area contributed by atoms with Crippen molar-refractivity contribution in [3.8, 4) is 0 Å². The zero-order valence-electron chi connectivity index (χ0n) is 12.7. The van der Waals surface area contributed by atoms with Gasteiger partial charge in [-0.15, -0.1) is 0 Å². The van der Waals surface area contributed by atoms with Crippen LogP contribution in [-0.2, 0) is 6.54 Å². The van der Waals surface area contributed by atoms with E-state index in [0.29, 0.717) is 12.0 Å². The van der Waals surface area contributed by atoms with Crippen LogP contribution in [0.5, 0.6) is 0 Å². The molecule has 2 nitrogen and oxygen atoms in total. The van der Waals surface area contributed by atoms with Crippen LogP contribution in [0.3, 0.4) is 0 Å². The molecule has 0 amide bonds. The molecule has 112 valence electrons. The second kappa shape index (κ2) is 7.44. The van der Waals surface area contributed by atoms with Gasteiger partial charge in [0.1, 0.15) is 0 Å². The molecule has 3 unspecified atom stereocenters. The molecule has 0 radical (unpaired) electrons. The Morgan fingerprint density at radius 1 is 1.30 bits per heavy atom. The summed E-state index contributed by atoms with van der Waals surface area (Å²) in [5.41, 5.74) is 7.52. The summed E-state index contributed by atoms with van der Waals surface area (Å²) in [5, 5.41) is 0.860. The van der Waals surface area contributed by atoms with E-state index in [-0.39, 0.29) is 0 Å². The monoisotopic (exact) mass is 294 g/mol. The molecule has 2 rings (SSSR count). The Morgan fingerprint density at radius 3 is 2.75 bits per heavy atom. The normalized spacial score (nSPS) is 26.9. The van der Waals surface area contributed by atoms with E-state index in [9.17, 15) is 0 Å². The number of halogens is 1. The molecule has 0 heterocycles. The van der Waals surface area contributed by atoms with Crippen molar-refractivity contribution in [3.63, 3.8) is 0 Å². The van der Waals surface area contributed by atoms with Crippen LogP contribution in [0.1, 0.15) is 38.2 Å². The fourth-order valence-electron chi connectivity index (χ4n) is 3.35. The van der Waals surface area contributed by atoms with Gasteiger partial charge in [-0.2, -0.15) is 0 Å². The summed E-state index contributed by atoms with van der Waals surface area (Å²) in [5.74, 6) is 1.50. The van der Waals surface area contributed by atoms with Crippen LogP contribution >= 0.6 is 11.6 Å². The van der Waals surface area contributed by atoms with Gasteiger partial charge in [-0.25, -0.2) is 0 Å². The highest BCUT2D eigenvalue weighted by atomic mass is 35.5. The van der Waals surface area contributed by atoms with Crippen molar-refractivity contribution in [2.45, 2.75) is 45.2 Å². The first-order chi connectivity index (χ1) is 9.60. The lowest BCUT2D eigenvalue weighted by molar-refractivity contribution is 0.168. The van der Waals surface area contributed by atoms with Crippen molar-refractivity contribution in [1.29, 1.82) is 0 Å². The summed E-state index contributed by atoms with van der Waals surface area (Å²) in [6, 6.07) is 8.47. The van der Waals surface area contributed by atoms with Crippen molar-refractivity contribution in [2.75, 3.05) is 13.6 Å². The molecule has 0 bridgehead atoms. The van der Waals surface area contributed by atoms with Gasteiger partial charge in [0.25, 0.3) is 0 Å². The maximum absolute atomic E-state index is 6.31. The van der Waals surface area contributed by atoms with Gasteiger partial charge < -0.3 is 10.6 Å². The number of hydrogen-bond donors (Lipinski definition) is 1. The van der Waals surface area contributed by atoms with Crippen LogP contribution in [0.25, 0.3) is 0 Å². The van der Waals surface area contributed by atoms with Crippen LogP contribution < -0.4 is 5.73 Å². The summed E-state index contributed by atoms with van der Waals surface area (Å²) in [7, 11) is 2.17. The molecule has 0 saturated heterocycles. The number of rotatable bonds is 5. The maximum Gasteiger partial charge on any atom is 0.0451 e. The topological polar surface area (TPSA) is 29.3 Å². The van der Waals surface area contributed by atoms with Crippen LogP contribution in [-0.4, -0.2) is 24.5 Å². The lowest BCUT2D eigenvalue weighted by Crippen LogP contribution is -2.42. The van der Waals surface area contributed by atoms with E-state index in [1.54, 1.807) is 0 Å². The summed E-state index contributed by atoms with van der Waals surface area (Å²) in [4.78, 5) is 2.36. The smallest absolute Gasteiger partial charge is 0.0451 e. The predicted octanol–water partition coefficient (Wildman–Crippen LogP) is 3.93. The molecule has 3 atom stereocenters. The molecule has 20 heavy (non-hydrogen) atoms. The van der Waals surface area contributed by atoms with Crippen LogP contribution in [0.15, 0.2) is 24.3 Å². The first-order valence-electron chi connectivity index (χ1n) is 7.77. The lowest BCUT2D eigenvalue weighted by Gasteiger charge is -2.36. The Labute approximate surface area is 128 Å².